The zero-order chi connectivity index (χ0) is 27.8. The summed E-state index contributed by atoms with van der Waals surface area (Å²) in [7, 11) is 0. The van der Waals surface area contributed by atoms with Gasteiger partial charge in [-0.3, -0.25) is 19.5 Å². The van der Waals surface area contributed by atoms with Crippen LogP contribution in [0.4, 0.5) is 10.6 Å². The Bertz CT molecular complexity index is 1360. The largest absolute Gasteiger partial charge is 0.454 e. The van der Waals surface area contributed by atoms with E-state index in [1.165, 1.54) is 17.8 Å². The van der Waals surface area contributed by atoms with Crippen LogP contribution in [0, 0.1) is 12.8 Å². The molecule has 40 heavy (non-hydrogen) atoms. The first-order chi connectivity index (χ1) is 19.4. The van der Waals surface area contributed by atoms with Gasteiger partial charge in [0.05, 0.1) is 28.7 Å². The van der Waals surface area contributed by atoms with Crippen LogP contribution in [0.2, 0.25) is 0 Å². The molecule has 1 aliphatic carbocycles. The molecule has 3 unspecified atom stereocenters. The van der Waals surface area contributed by atoms with E-state index in [1.807, 2.05) is 19.1 Å². The van der Waals surface area contributed by atoms with E-state index in [0.717, 1.165) is 31.4 Å². The number of ether oxygens (including phenoxy) is 1. The van der Waals surface area contributed by atoms with Crippen molar-refractivity contribution in [3.8, 4) is 11.5 Å². The molecule has 3 fully saturated rings. The number of anilines is 1. The van der Waals surface area contributed by atoms with E-state index in [-0.39, 0.29) is 47.3 Å². The van der Waals surface area contributed by atoms with Crippen LogP contribution < -0.4 is 30.9 Å². The molecule has 2 aromatic heterocycles. The number of hydrogen-bond acceptors (Lipinski definition) is 8. The van der Waals surface area contributed by atoms with Crippen LogP contribution in [-0.2, 0) is 9.59 Å². The Labute approximate surface area is 236 Å². The molecule has 2 aromatic rings. The number of pyridine rings is 2. The molecule has 0 aromatic carbocycles. The van der Waals surface area contributed by atoms with E-state index >= 15 is 0 Å². The Balaban J connectivity index is 1.19. The van der Waals surface area contributed by atoms with Crippen LogP contribution in [0.3, 0.4) is 0 Å². The maximum atomic E-state index is 13.5. The number of aromatic nitrogens is 2. The van der Waals surface area contributed by atoms with E-state index in [1.54, 1.807) is 29.4 Å². The van der Waals surface area contributed by atoms with Crippen molar-refractivity contribution in [1.82, 2.24) is 31.2 Å². The molecule has 0 radical (unpaired) electrons. The lowest BCUT2D eigenvalue weighted by molar-refractivity contribution is -0.119. The highest BCUT2D eigenvalue weighted by molar-refractivity contribution is 8.04. The lowest BCUT2D eigenvalue weighted by Crippen LogP contribution is -2.62. The monoisotopic (exact) mass is 561 g/mol. The van der Waals surface area contributed by atoms with Gasteiger partial charge in [0.15, 0.2) is 0 Å². The van der Waals surface area contributed by atoms with Crippen molar-refractivity contribution in [3.05, 3.63) is 65.6 Å². The minimum Gasteiger partial charge on any atom is -0.454 e. The number of hydrogen-bond donors (Lipinski definition) is 4. The van der Waals surface area contributed by atoms with Crippen molar-refractivity contribution >= 4 is 35.4 Å². The number of carbonyl (C=O) groups excluding carboxylic acids is 3. The summed E-state index contributed by atoms with van der Waals surface area (Å²) < 4.78 is 5.85. The molecule has 4 amide bonds. The number of amides is 4. The predicted molar refractivity (Wildman–Crippen MR) is 151 cm³/mol. The summed E-state index contributed by atoms with van der Waals surface area (Å²) in [5.41, 5.74) is 1.55. The second-order valence-electron chi connectivity index (χ2n) is 10.3. The molecule has 0 bridgehead atoms. The van der Waals surface area contributed by atoms with Crippen LogP contribution >= 0.6 is 11.8 Å². The Morgan fingerprint density at radius 1 is 1.10 bits per heavy atom. The second kappa shape index (κ2) is 10.9. The zero-order valence-corrected chi connectivity index (χ0v) is 22.9. The van der Waals surface area contributed by atoms with Crippen LogP contribution in [0.5, 0.6) is 11.5 Å². The average molecular weight is 562 g/mol. The fraction of sp³-hybridized carbons (Fsp3) is 0.393. The van der Waals surface area contributed by atoms with Gasteiger partial charge < -0.3 is 26.0 Å². The maximum absolute atomic E-state index is 13.5. The van der Waals surface area contributed by atoms with Gasteiger partial charge in [-0.25, -0.2) is 9.78 Å². The lowest BCUT2D eigenvalue weighted by Gasteiger charge is -2.45. The molecule has 5 atom stereocenters. The van der Waals surface area contributed by atoms with E-state index < -0.39 is 0 Å². The third-order valence-corrected chi connectivity index (χ3v) is 9.14. The van der Waals surface area contributed by atoms with Gasteiger partial charge in [0.25, 0.3) is 5.91 Å². The Morgan fingerprint density at radius 2 is 1.85 bits per heavy atom. The first kappa shape index (κ1) is 26.3. The molecule has 1 saturated carbocycles. The predicted octanol–water partition coefficient (Wildman–Crippen LogP) is 2.71. The molecule has 5 heterocycles. The SMILES string of the molecule is C=CC(=O)N[C@H]1CCC[C@H]1NC(=O)C1=C2NC(=O)N(c3ccc(Oc4ccc(C)nc4)cn3)C3CCNC(S1)C23. The minimum atomic E-state index is -0.314. The van der Waals surface area contributed by atoms with E-state index in [9.17, 15) is 14.4 Å². The van der Waals surface area contributed by atoms with E-state index in [4.69, 9.17) is 4.74 Å². The second-order valence-corrected chi connectivity index (χ2v) is 11.5. The summed E-state index contributed by atoms with van der Waals surface area (Å²) in [5.74, 6) is 1.10. The number of rotatable bonds is 7. The molecular weight excluding hydrogens is 530 g/mol. The fourth-order valence-corrected chi connectivity index (χ4v) is 7.29. The molecule has 11 nitrogen and oxygen atoms in total. The number of urea groups is 1. The highest BCUT2D eigenvalue weighted by atomic mass is 32.2. The minimum absolute atomic E-state index is 0.0471. The molecule has 3 aliphatic heterocycles. The smallest absolute Gasteiger partial charge is 0.327 e. The summed E-state index contributed by atoms with van der Waals surface area (Å²) in [5, 5.41) is 12.5. The van der Waals surface area contributed by atoms with Crippen molar-refractivity contribution in [2.24, 2.45) is 5.92 Å². The topological polar surface area (TPSA) is 138 Å². The standard InChI is InChI=1S/C28H31N7O4S/c1-3-22(36)32-18-5-4-6-19(18)33-26(37)25-24-23-20(11-12-29-27(23)40-25)35(28(38)34-24)21-10-9-17(14-31-21)39-16-8-7-15(2)30-13-16/h3,7-10,13-14,18-20,23,27,29H,1,4-6,11-12H2,2H3,(H,32,36)(H,33,37)(H,34,38)/t18-,19+,20?,23?,27?/m0/s1. The Hall–Kier alpha value is -3.90. The number of piperidine rings is 1. The van der Waals surface area contributed by atoms with Crippen LogP contribution in [-0.4, -0.2) is 57.9 Å². The quantitative estimate of drug-likeness (QED) is 0.379. The van der Waals surface area contributed by atoms with Gasteiger partial charge in [-0.1, -0.05) is 18.3 Å². The molecule has 0 spiro atoms. The van der Waals surface area contributed by atoms with E-state index in [0.29, 0.717) is 34.5 Å². The summed E-state index contributed by atoms with van der Waals surface area (Å²) in [4.78, 5) is 49.7. The van der Waals surface area contributed by atoms with Crippen LogP contribution in [0.15, 0.2) is 59.9 Å². The Morgan fingerprint density at radius 3 is 2.55 bits per heavy atom. The third-order valence-electron chi connectivity index (χ3n) is 7.78. The summed E-state index contributed by atoms with van der Waals surface area (Å²) in [6, 6.07) is 6.48. The third kappa shape index (κ3) is 5.04. The lowest BCUT2D eigenvalue weighted by atomic mass is 9.86. The summed E-state index contributed by atoms with van der Waals surface area (Å²) in [6.07, 6.45) is 7.69. The van der Waals surface area contributed by atoms with Gasteiger partial charge in [-0.15, -0.1) is 0 Å². The highest BCUT2D eigenvalue weighted by Gasteiger charge is 2.52. The first-order valence-electron chi connectivity index (χ1n) is 13.5. The summed E-state index contributed by atoms with van der Waals surface area (Å²) in [6.45, 7) is 6.13. The maximum Gasteiger partial charge on any atom is 0.327 e. The molecule has 208 valence electrons. The van der Waals surface area contributed by atoms with Gasteiger partial charge in [0, 0.05) is 29.4 Å². The van der Waals surface area contributed by atoms with Gasteiger partial charge in [-0.2, -0.15) is 0 Å². The normalized spacial score (nSPS) is 27.1. The van der Waals surface area contributed by atoms with Crippen molar-refractivity contribution in [3.63, 3.8) is 0 Å². The number of nitrogens with zero attached hydrogens (tertiary/aromatic N) is 3. The highest BCUT2D eigenvalue weighted by Crippen LogP contribution is 2.47. The van der Waals surface area contributed by atoms with Crippen LogP contribution in [0.25, 0.3) is 0 Å². The van der Waals surface area contributed by atoms with Crippen molar-refractivity contribution < 1.29 is 19.1 Å². The number of nitrogens with one attached hydrogen (secondary N) is 4. The molecule has 6 rings (SSSR count). The fourth-order valence-electron chi connectivity index (χ4n) is 5.90. The molecule has 4 N–H and O–H groups in total. The number of aryl methyl sites for hydroxylation is 1. The van der Waals surface area contributed by atoms with Gasteiger partial charge in [0.1, 0.15) is 17.3 Å². The van der Waals surface area contributed by atoms with Gasteiger partial charge in [0.2, 0.25) is 5.91 Å². The molecule has 4 aliphatic rings. The van der Waals surface area contributed by atoms with Crippen molar-refractivity contribution in [2.45, 2.75) is 56.1 Å². The van der Waals surface area contributed by atoms with E-state index in [2.05, 4.69) is 37.8 Å². The Kier molecular flexibility index (Phi) is 7.20. The molecule has 12 heteroatoms. The number of thioether (sulfide) groups is 1. The summed E-state index contributed by atoms with van der Waals surface area (Å²) >= 11 is 1.45. The van der Waals surface area contributed by atoms with Gasteiger partial charge >= 0.3 is 6.03 Å². The zero-order valence-electron chi connectivity index (χ0n) is 22.1. The number of carbonyl (C=O) groups is 3. The first-order valence-corrected chi connectivity index (χ1v) is 14.3. The van der Waals surface area contributed by atoms with Crippen molar-refractivity contribution in [2.75, 3.05) is 11.4 Å². The average Bonchev–Trinajstić information content (AvgIpc) is 3.55. The van der Waals surface area contributed by atoms with Crippen LogP contribution in [0.1, 0.15) is 31.4 Å². The molecular formula is C28H31N7O4S. The van der Waals surface area contributed by atoms with Gasteiger partial charge in [-0.05, 0) is 69.5 Å². The molecule has 2 saturated heterocycles. The van der Waals surface area contributed by atoms with Crippen molar-refractivity contribution in [1.29, 1.82) is 0 Å².